The molecule has 0 spiro atoms. The standard InChI is InChI=1S/C4H6O5S/c5-2-1-4(6)3-10(7,8)9/h2H,1,3H2,(H,7,8,9). The molecule has 0 fully saturated rings. The summed E-state index contributed by atoms with van der Waals surface area (Å²) in [6.45, 7) is 0. The Kier molecular flexibility index (Phi) is 3.17. The zero-order chi connectivity index (χ0) is 8.20. The van der Waals surface area contributed by atoms with E-state index < -0.39 is 28.1 Å². The van der Waals surface area contributed by atoms with Crippen molar-refractivity contribution in [2.24, 2.45) is 0 Å². The second-order valence-electron chi connectivity index (χ2n) is 1.64. The molecule has 6 heteroatoms. The maximum atomic E-state index is 10.3. The number of ketones is 1. The van der Waals surface area contributed by atoms with Crippen LogP contribution in [0.25, 0.3) is 0 Å². The minimum atomic E-state index is -4.25. The van der Waals surface area contributed by atoms with E-state index in [1.165, 1.54) is 0 Å². The number of Topliss-reactive ketones (excluding diaryl/α,β-unsaturated/α-hetero) is 1. The average molecular weight is 166 g/mol. The van der Waals surface area contributed by atoms with Gasteiger partial charge in [0.25, 0.3) is 10.1 Å². The van der Waals surface area contributed by atoms with Gasteiger partial charge in [-0.2, -0.15) is 8.42 Å². The Morgan fingerprint density at radius 1 is 1.50 bits per heavy atom. The molecule has 10 heavy (non-hydrogen) atoms. The molecule has 0 saturated heterocycles. The van der Waals surface area contributed by atoms with Crippen LogP contribution in [-0.2, 0) is 19.7 Å². The molecule has 0 radical (unpaired) electrons. The quantitative estimate of drug-likeness (QED) is 0.330. The van der Waals surface area contributed by atoms with E-state index in [-0.39, 0.29) is 6.29 Å². The van der Waals surface area contributed by atoms with E-state index in [2.05, 4.69) is 0 Å². The van der Waals surface area contributed by atoms with Gasteiger partial charge in [0.2, 0.25) is 0 Å². The summed E-state index contributed by atoms with van der Waals surface area (Å²) < 4.78 is 27.9. The molecule has 0 heterocycles. The molecular formula is C4H6O5S. The van der Waals surface area contributed by atoms with Crippen LogP contribution in [0.5, 0.6) is 0 Å². The Labute approximate surface area is 57.8 Å². The molecule has 0 saturated carbocycles. The molecule has 0 aromatic heterocycles. The monoisotopic (exact) mass is 166 g/mol. The van der Waals surface area contributed by atoms with Crippen molar-refractivity contribution in [1.82, 2.24) is 0 Å². The van der Waals surface area contributed by atoms with E-state index in [9.17, 15) is 18.0 Å². The van der Waals surface area contributed by atoms with E-state index in [1.807, 2.05) is 0 Å². The van der Waals surface area contributed by atoms with Crippen molar-refractivity contribution in [1.29, 1.82) is 0 Å². The summed E-state index contributed by atoms with van der Waals surface area (Å²) >= 11 is 0. The Balaban J connectivity index is 3.93. The van der Waals surface area contributed by atoms with Crippen molar-refractivity contribution < 1.29 is 22.6 Å². The predicted octanol–water partition coefficient (Wildman–Crippen LogP) is -0.968. The Morgan fingerprint density at radius 2 is 2.00 bits per heavy atom. The highest BCUT2D eigenvalue weighted by atomic mass is 32.2. The molecule has 0 aliphatic carbocycles. The maximum Gasteiger partial charge on any atom is 0.272 e. The zero-order valence-corrected chi connectivity index (χ0v) is 5.80. The summed E-state index contributed by atoms with van der Waals surface area (Å²) in [6, 6.07) is 0. The summed E-state index contributed by atoms with van der Waals surface area (Å²) in [5.41, 5.74) is 0. The lowest BCUT2D eigenvalue weighted by Crippen LogP contribution is -2.14. The first-order valence-corrected chi connectivity index (χ1v) is 3.97. The van der Waals surface area contributed by atoms with Gasteiger partial charge in [-0.3, -0.25) is 9.35 Å². The molecule has 0 bridgehead atoms. The van der Waals surface area contributed by atoms with E-state index in [0.717, 1.165) is 0 Å². The van der Waals surface area contributed by atoms with Crippen molar-refractivity contribution in [2.45, 2.75) is 6.42 Å². The van der Waals surface area contributed by atoms with Crippen molar-refractivity contribution >= 4 is 22.2 Å². The first-order valence-electron chi connectivity index (χ1n) is 2.36. The summed E-state index contributed by atoms with van der Waals surface area (Å²) in [5.74, 6) is -1.79. The SMILES string of the molecule is O=CCC(=O)CS(=O)(=O)O. The Morgan fingerprint density at radius 3 is 2.30 bits per heavy atom. The molecule has 0 rings (SSSR count). The van der Waals surface area contributed by atoms with Gasteiger partial charge in [-0.05, 0) is 0 Å². The van der Waals surface area contributed by atoms with Crippen molar-refractivity contribution in [2.75, 3.05) is 5.75 Å². The number of hydrogen-bond acceptors (Lipinski definition) is 4. The van der Waals surface area contributed by atoms with Crippen molar-refractivity contribution in [3.8, 4) is 0 Å². The summed E-state index contributed by atoms with van der Waals surface area (Å²) in [4.78, 5) is 19.9. The zero-order valence-electron chi connectivity index (χ0n) is 4.98. The van der Waals surface area contributed by atoms with E-state index >= 15 is 0 Å². The number of carbonyl (C=O) groups excluding carboxylic acids is 2. The summed E-state index contributed by atoms with van der Waals surface area (Å²) in [5, 5.41) is 0. The van der Waals surface area contributed by atoms with E-state index in [1.54, 1.807) is 0 Å². The Bertz CT molecular complexity index is 226. The fourth-order valence-corrected chi connectivity index (χ4v) is 0.880. The molecule has 1 N–H and O–H groups in total. The highest BCUT2D eigenvalue weighted by Gasteiger charge is 2.11. The van der Waals surface area contributed by atoms with Crippen molar-refractivity contribution in [3.63, 3.8) is 0 Å². The van der Waals surface area contributed by atoms with Crippen LogP contribution in [0.15, 0.2) is 0 Å². The first kappa shape index (κ1) is 9.25. The van der Waals surface area contributed by atoms with Gasteiger partial charge in [0.1, 0.15) is 12.0 Å². The third kappa shape index (κ3) is 5.39. The minimum Gasteiger partial charge on any atom is -0.303 e. The lowest BCUT2D eigenvalue weighted by Gasteiger charge is -1.89. The van der Waals surface area contributed by atoms with Gasteiger partial charge in [0.05, 0.1) is 6.42 Å². The molecule has 0 aromatic carbocycles. The second kappa shape index (κ2) is 3.43. The molecule has 58 valence electrons. The lowest BCUT2D eigenvalue weighted by atomic mass is 10.3. The highest BCUT2D eigenvalue weighted by molar-refractivity contribution is 7.86. The molecule has 0 unspecified atom stereocenters. The number of rotatable bonds is 4. The summed E-state index contributed by atoms with van der Waals surface area (Å²) in [7, 11) is -4.25. The smallest absolute Gasteiger partial charge is 0.272 e. The second-order valence-corrected chi connectivity index (χ2v) is 3.09. The van der Waals surface area contributed by atoms with Crippen LogP contribution in [-0.4, -0.2) is 30.8 Å². The van der Waals surface area contributed by atoms with Crippen LogP contribution in [0.4, 0.5) is 0 Å². The van der Waals surface area contributed by atoms with Gasteiger partial charge in [-0.25, -0.2) is 0 Å². The molecule has 0 atom stereocenters. The van der Waals surface area contributed by atoms with Gasteiger partial charge in [0.15, 0.2) is 5.78 Å². The molecule has 0 aliphatic rings. The molecule has 5 nitrogen and oxygen atoms in total. The number of aldehydes is 1. The van der Waals surface area contributed by atoms with Gasteiger partial charge < -0.3 is 4.79 Å². The minimum absolute atomic E-state index is 0.285. The first-order chi connectivity index (χ1) is 4.45. The normalized spacial score (nSPS) is 10.9. The van der Waals surface area contributed by atoms with Crippen LogP contribution in [0.2, 0.25) is 0 Å². The number of hydrogen-bond donors (Lipinski definition) is 1. The highest BCUT2D eigenvalue weighted by Crippen LogP contribution is 1.85. The largest absolute Gasteiger partial charge is 0.303 e. The fourth-order valence-electron chi connectivity index (χ4n) is 0.355. The van der Waals surface area contributed by atoms with Crippen LogP contribution in [0, 0.1) is 0 Å². The summed E-state index contributed by atoms with van der Waals surface area (Å²) in [6.07, 6.45) is -0.187. The van der Waals surface area contributed by atoms with Gasteiger partial charge in [-0.1, -0.05) is 0 Å². The molecular weight excluding hydrogens is 160 g/mol. The molecule has 0 amide bonds. The van der Waals surface area contributed by atoms with Crippen LogP contribution < -0.4 is 0 Å². The third-order valence-electron chi connectivity index (χ3n) is 0.654. The van der Waals surface area contributed by atoms with E-state index in [0.29, 0.717) is 0 Å². The van der Waals surface area contributed by atoms with Gasteiger partial charge >= 0.3 is 0 Å². The van der Waals surface area contributed by atoms with Crippen LogP contribution in [0.1, 0.15) is 6.42 Å². The molecule has 0 aliphatic heterocycles. The van der Waals surface area contributed by atoms with Gasteiger partial charge in [-0.15, -0.1) is 0 Å². The predicted molar refractivity (Wildman–Crippen MR) is 32.1 cm³/mol. The third-order valence-corrected chi connectivity index (χ3v) is 1.34. The lowest BCUT2D eigenvalue weighted by molar-refractivity contribution is -0.120. The number of carbonyl (C=O) groups is 2. The fraction of sp³-hybridized carbons (Fsp3) is 0.500. The van der Waals surface area contributed by atoms with E-state index in [4.69, 9.17) is 4.55 Å². The van der Waals surface area contributed by atoms with Crippen LogP contribution >= 0.6 is 0 Å². The van der Waals surface area contributed by atoms with Crippen LogP contribution in [0.3, 0.4) is 0 Å². The maximum absolute atomic E-state index is 10.3. The van der Waals surface area contributed by atoms with Crippen molar-refractivity contribution in [3.05, 3.63) is 0 Å². The Hall–Kier alpha value is -0.750. The average Bonchev–Trinajstić information content (AvgIpc) is 1.59. The molecule has 0 aromatic rings. The van der Waals surface area contributed by atoms with Gasteiger partial charge in [0, 0.05) is 0 Å². The topological polar surface area (TPSA) is 88.5 Å².